The van der Waals surface area contributed by atoms with E-state index in [0.29, 0.717) is 13.2 Å². The average Bonchev–Trinajstić information content (AvgIpc) is 2.36. The monoisotopic (exact) mass is 286 g/mol. The third kappa shape index (κ3) is 4.80. The summed E-state index contributed by atoms with van der Waals surface area (Å²) in [5.74, 6) is -0.769. The first-order chi connectivity index (χ1) is 9.06. The molecule has 0 aliphatic heterocycles. The van der Waals surface area contributed by atoms with Gasteiger partial charge in [-0.25, -0.2) is 4.39 Å². The van der Waals surface area contributed by atoms with E-state index in [4.69, 9.17) is 27.4 Å². The van der Waals surface area contributed by atoms with E-state index in [-0.39, 0.29) is 28.8 Å². The van der Waals surface area contributed by atoms with Crippen LogP contribution in [0.5, 0.6) is 5.75 Å². The lowest BCUT2D eigenvalue weighted by atomic mass is 10.2. The van der Waals surface area contributed by atoms with Crippen molar-refractivity contribution in [3.63, 3.8) is 0 Å². The van der Waals surface area contributed by atoms with Gasteiger partial charge in [-0.1, -0.05) is 18.3 Å². The quantitative estimate of drug-likeness (QED) is 0.567. The molecule has 1 amide bonds. The van der Waals surface area contributed by atoms with Crippen molar-refractivity contribution >= 4 is 23.1 Å². The molecule has 0 saturated heterocycles. The van der Waals surface area contributed by atoms with Crippen molar-refractivity contribution in [1.29, 1.82) is 0 Å². The van der Waals surface area contributed by atoms with Gasteiger partial charge in [-0.2, -0.15) is 0 Å². The van der Waals surface area contributed by atoms with Crippen LogP contribution in [0.4, 0.5) is 4.39 Å². The van der Waals surface area contributed by atoms with Crippen LogP contribution in [-0.2, 0) is 9.53 Å². The molecule has 1 rings (SSSR count). The number of hydrogen-bond acceptors (Lipinski definition) is 4. The van der Waals surface area contributed by atoms with Gasteiger partial charge >= 0.3 is 0 Å². The fourth-order valence-electron chi connectivity index (χ4n) is 1.35. The van der Waals surface area contributed by atoms with E-state index in [0.717, 1.165) is 0 Å². The highest BCUT2D eigenvalue weighted by atomic mass is 32.1. The molecule has 0 unspecified atom stereocenters. The van der Waals surface area contributed by atoms with E-state index in [1.165, 1.54) is 25.3 Å². The Balaban J connectivity index is 2.60. The second kappa shape index (κ2) is 7.65. The van der Waals surface area contributed by atoms with Crippen LogP contribution in [-0.4, -0.2) is 37.8 Å². The molecule has 0 atom stereocenters. The van der Waals surface area contributed by atoms with Crippen molar-refractivity contribution in [1.82, 2.24) is 5.32 Å². The molecule has 0 spiro atoms. The lowest BCUT2D eigenvalue weighted by molar-refractivity contribution is -0.123. The van der Waals surface area contributed by atoms with Crippen LogP contribution in [0, 0.1) is 5.82 Å². The van der Waals surface area contributed by atoms with E-state index >= 15 is 0 Å². The largest absolute Gasteiger partial charge is 0.483 e. The number of carbonyl (C=O) groups excluding carboxylic acids is 1. The Kier molecular flexibility index (Phi) is 6.17. The van der Waals surface area contributed by atoms with E-state index in [1.807, 2.05) is 0 Å². The number of nitrogens with one attached hydrogen (secondary N) is 1. The first-order valence-corrected chi connectivity index (χ1v) is 5.94. The van der Waals surface area contributed by atoms with E-state index in [9.17, 15) is 9.18 Å². The van der Waals surface area contributed by atoms with Gasteiger partial charge in [-0.15, -0.1) is 0 Å². The van der Waals surface area contributed by atoms with Gasteiger partial charge in [0.05, 0.1) is 12.2 Å². The fourth-order valence-corrected chi connectivity index (χ4v) is 1.55. The number of carbonyl (C=O) groups is 1. The zero-order chi connectivity index (χ0) is 14.3. The molecular formula is C12H15FN2O3S. The van der Waals surface area contributed by atoms with Crippen LogP contribution in [0.3, 0.4) is 0 Å². The summed E-state index contributed by atoms with van der Waals surface area (Å²) >= 11 is 4.74. The molecule has 3 N–H and O–H groups in total. The zero-order valence-corrected chi connectivity index (χ0v) is 11.3. The number of thiocarbonyl (C=S) groups is 1. The minimum atomic E-state index is -0.579. The van der Waals surface area contributed by atoms with Gasteiger partial charge in [0.1, 0.15) is 16.6 Å². The second-order valence-corrected chi connectivity index (χ2v) is 4.05. The van der Waals surface area contributed by atoms with Crippen LogP contribution in [0.2, 0.25) is 0 Å². The Labute approximate surface area is 115 Å². The highest BCUT2D eigenvalue weighted by Crippen LogP contribution is 2.21. The number of amides is 1. The maximum Gasteiger partial charge on any atom is 0.258 e. The van der Waals surface area contributed by atoms with E-state index in [1.54, 1.807) is 0 Å². The number of ether oxygens (including phenoxy) is 2. The van der Waals surface area contributed by atoms with Crippen molar-refractivity contribution in [2.75, 3.05) is 26.9 Å². The third-order valence-electron chi connectivity index (χ3n) is 2.21. The number of methoxy groups -OCH3 is 1. The molecule has 19 heavy (non-hydrogen) atoms. The van der Waals surface area contributed by atoms with Crippen LogP contribution in [0.25, 0.3) is 0 Å². The topological polar surface area (TPSA) is 73.6 Å². The molecule has 0 radical (unpaired) electrons. The standard InChI is InChI=1S/C12H15FN2O3S/c1-17-6-5-15-10(16)7-18-9-4-2-3-8(13)11(9)12(14)19/h2-4H,5-7H2,1H3,(H2,14,19)(H,15,16). The molecule has 0 aliphatic rings. The molecule has 7 heteroatoms. The van der Waals surface area contributed by atoms with Crippen molar-refractivity contribution in [3.8, 4) is 5.75 Å². The number of halogens is 1. The molecule has 1 aromatic rings. The first kappa shape index (κ1) is 15.3. The summed E-state index contributed by atoms with van der Waals surface area (Å²) < 4.78 is 23.5. The van der Waals surface area contributed by atoms with Gasteiger partial charge in [0, 0.05) is 13.7 Å². The number of hydrogen-bond donors (Lipinski definition) is 2. The van der Waals surface area contributed by atoms with Crippen molar-refractivity contribution in [2.24, 2.45) is 5.73 Å². The van der Waals surface area contributed by atoms with Crippen molar-refractivity contribution in [2.45, 2.75) is 0 Å². The highest BCUT2D eigenvalue weighted by Gasteiger charge is 2.13. The summed E-state index contributed by atoms with van der Waals surface area (Å²) in [7, 11) is 1.53. The highest BCUT2D eigenvalue weighted by molar-refractivity contribution is 7.80. The van der Waals surface area contributed by atoms with Gasteiger partial charge in [-0.05, 0) is 12.1 Å². The first-order valence-electron chi connectivity index (χ1n) is 5.53. The summed E-state index contributed by atoms with van der Waals surface area (Å²) in [6, 6.07) is 4.18. The SMILES string of the molecule is COCCNC(=O)COc1cccc(F)c1C(N)=S. The number of nitrogens with two attached hydrogens (primary N) is 1. The number of benzene rings is 1. The van der Waals surface area contributed by atoms with Crippen LogP contribution < -0.4 is 15.8 Å². The minimum absolute atomic E-state index is 0.00203. The smallest absolute Gasteiger partial charge is 0.258 e. The molecule has 1 aromatic carbocycles. The Morgan fingerprint density at radius 2 is 2.26 bits per heavy atom. The van der Waals surface area contributed by atoms with Crippen LogP contribution in [0.15, 0.2) is 18.2 Å². The predicted octanol–water partition coefficient (Wildman–Crippen LogP) is 0.601. The van der Waals surface area contributed by atoms with Gasteiger partial charge in [-0.3, -0.25) is 4.79 Å². The molecule has 0 saturated carbocycles. The Hall–Kier alpha value is -1.73. The fraction of sp³-hybridized carbons (Fsp3) is 0.333. The Bertz CT molecular complexity index is 468. The Morgan fingerprint density at radius 1 is 1.53 bits per heavy atom. The van der Waals surface area contributed by atoms with Gasteiger partial charge in [0.2, 0.25) is 0 Å². The molecule has 0 aromatic heterocycles. The average molecular weight is 286 g/mol. The molecular weight excluding hydrogens is 271 g/mol. The second-order valence-electron chi connectivity index (χ2n) is 3.61. The van der Waals surface area contributed by atoms with E-state index in [2.05, 4.69) is 5.32 Å². The predicted molar refractivity (Wildman–Crippen MR) is 72.7 cm³/mol. The van der Waals surface area contributed by atoms with Gasteiger partial charge in [0.25, 0.3) is 5.91 Å². The summed E-state index contributed by atoms with van der Waals surface area (Å²) in [5, 5.41) is 2.57. The molecule has 0 bridgehead atoms. The maximum atomic E-state index is 13.5. The van der Waals surface area contributed by atoms with Gasteiger partial charge < -0.3 is 20.5 Å². The van der Waals surface area contributed by atoms with E-state index < -0.39 is 5.82 Å². The van der Waals surface area contributed by atoms with Gasteiger partial charge in [0.15, 0.2) is 6.61 Å². The minimum Gasteiger partial charge on any atom is -0.483 e. The summed E-state index contributed by atoms with van der Waals surface area (Å²) in [6.07, 6.45) is 0. The van der Waals surface area contributed by atoms with Crippen LogP contribution >= 0.6 is 12.2 Å². The molecule has 0 fully saturated rings. The van der Waals surface area contributed by atoms with Crippen molar-refractivity contribution in [3.05, 3.63) is 29.6 Å². The normalized spacial score (nSPS) is 10.0. The van der Waals surface area contributed by atoms with Crippen molar-refractivity contribution < 1.29 is 18.7 Å². The number of rotatable bonds is 7. The molecule has 104 valence electrons. The van der Waals surface area contributed by atoms with Crippen LogP contribution in [0.1, 0.15) is 5.56 Å². The third-order valence-corrected chi connectivity index (χ3v) is 2.41. The summed E-state index contributed by atoms with van der Waals surface area (Å²) in [6.45, 7) is 0.538. The Morgan fingerprint density at radius 3 is 2.89 bits per heavy atom. The molecule has 0 aliphatic carbocycles. The lowest BCUT2D eigenvalue weighted by Crippen LogP contribution is -2.31. The summed E-state index contributed by atoms with van der Waals surface area (Å²) in [4.78, 5) is 11.3. The summed E-state index contributed by atoms with van der Waals surface area (Å²) in [5.41, 5.74) is 5.42. The maximum absolute atomic E-state index is 13.5. The molecule has 0 heterocycles. The zero-order valence-electron chi connectivity index (χ0n) is 10.4. The lowest BCUT2D eigenvalue weighted by Gasteiger charge is -2.11. The molecule has 5 nitrogen and oxygen atoms in total.